The Morgan fingerprint density at radius 3 is 2.26 bits per heavy atom. The first-order chi connectivity index (χ1) is 8.94. The van der Waals surface area contributed by atoms with Crippen molar-refractivity contribution in [2.75, 3.05) is 19.6 Å². The van der Waals surface area contributed by atoms with Crippen LogP contribution in [0.5, 0.6) is 0 Å². The predicted molar refractivity (Wildman–Crippen MR) is 77.6 cm³/mol. The lowest BCUT2D eigenvalue weighted by atomic mass is 9.68. The van der Waals surface area contributed by atoms with E-state index < -0.39 is 11.4 Å². The molecule has 2 fully saturated rings. The van der Waals surface area contributed by atoms with Crippen molar-refractivity contribution in [3.8, 4) is 0 Å². The number of nitrogens with zero attached hydrogens (tertiary/aromatic N) is 1. The Morgan fingerprint density at radius 1 is 1.16 bits per heavy atom. The lowest BCUT2D eigenvalue weighted by Crippen LogP contribution is -2.52. The Kier molecular flexibility index (Phi) is 4.51. The van der Waals surface area contributed by atoms with E-state index in [1.165, 1.54) is 44.9 Å². The SMILES string of the molecule is CC(N)(CCN1CCC2(CCCCC2)CC1)C(N)=O. The van der Waals surface area contributed by atoms with Crippen molar-refractivity contribution < 1.29 is 4.79 Å². The fourth-order valence-electron chi connectivity index (χ4n) is 3.57. The van der Waals surface area contributed by atoms with Gasteiger partial charge in [-0.2, -0.15) is 0 Å². The lowest BCUT2D eigenvalue weighted by Gasteiger charge is -2.44. The van der Waals surface area contributed by atoms with Gasteiger partial charge in [0.1, 0.15) is 0 Å². The number of rotatable bonds is 4. The highest BCUT2D eigenvalue weighted by Crippen LogP contribution is 2.44. The highest BCUT2D eigenvalue weighted by atomic mass is 16.1. The minimum Gasteiger partial charge on any atom is -0.368 e. The molecule has 2 aliphatic rings. The predicted octanol–water partition coefficient (Wildman–Crippen LogP) is 1.63. The Labute approximate surface area is 116 Å². The molecule has 0 aromatic rings. The van der Waals surface area contributed by atoms with Gasteiger partial charge in [-0.3, -0.25) is 4.79 Å². The van der Waals surface area contributed by atoms with Crippen molar-refractivity contribution in [1.29, 1.82) is 0 Å². The molecule has 4 nitrogen and oxygen atoms in total. The van der Waals surface area contributed by atoms with Crippen LogP contribution in [0.3, 0.4) is 0 Å². The maximum absolute atomic E-state index is 11.2. The number of likely N-dealkylation sites (tertiary alicyclic amines) is 1. The zero-order valence-corrected chi connectivity index (χ0v) is 12.3. The molecule has 2 rings (SSSR count). The van der Waals surface area contributed by atoms with Crippen molar-refractivity contribution in [3.63, 3.8) is 0 Å². The molecular weight excluding hydrogens is 238 g/mol. The summed E-state index contributed by atoms with van der Waals surface area (Å²) in [4.78, 5) is 13.7. The molecule has 4 heteroatoms. The first kappa shape index (κ1) is 14.8. The number of carbonyl (C=O) groups is 1. The van der Waals surface area contributed by atoms with Crippen LogP contribution in [-0.4, -0.2) is 36.0 Å². The van der Waals surface area contributed by atoms with E-state index in [-0.39, 0.29) is 0 Å². The smallest absolute Gasteiger partial charge is 0.237 e. The van der Waals surface area contributed by atoms with E-state index in [0.717, 1.165) is 19.6 Å². The van der Waals surface area contributed by atoms with Crippen LogP contribution in [0.4, 0.5) is 0 Å². The molecule has 1 aliphatic carbocycles. The summed E-state index contributed by atoms with van der Waals surface area (Å²) in [6, 6.07) is 0. The van der Waals surface area contributed by atoms with Crippen LogP contribution in [0.2, 0.25) is 0 Å². The highest BCUT2D eigenvalue weighted by Gasteiger charge is 2.36. The number of piperidine rings is 1. The normalized spacial score (nSPS) is 27.1. The van der Waals surface area contributed by atoms with Crippen LogP contribution in [0.25, 0.3) is 0 Å². The van der Waals surface area contributed by atoms with Crippen LogP contribution in [0, 0.1) is 5.41 Å². The van der Waals surface area contributed by atoms with Gasteiger partial charge < -0.3 is 16.4 Å². The summed E-state index contributed by atoms with van der Waals surface area (Å²) >= 11 is 0. The summed E-state index contributed by atoms with van der Waals surface area (Å²) < 4.78 is 0. The molecule has 4 N–H and O–H groups in total. The third-order valence-electron chi connectivity index (χ3n) is 5.34. The van der Waals surface area contributed by atoms with E-state index in [4.69, 9.17) is 11.5 Å². The third-order valence-corrected chi connectivity index (χ3v) is 5.34. The lowest BCUT2D eigenvalue weighted by molar-refractivity contribution is -0.123. The second-order valence-electron chi connectivity index (χ2n) is 6.93. The Bertz CT molecular complexity index is 311. The van der Waals surface area contributed by atoms with Crippen LogP contribution < -0.4 is 11.5 Å². The number of primary amides is 1. The molecule has 19 heavy (non-hydrogen) atoms. The van der Waals surface area contributed by atoms with Gasteiger partial charge in [0, 0.05) is 6.54 Å². The summed E-state index contributed by atoms with van der Waals surface area (Å²) in [7, 11) is 0. The molecule has 1 atom stereocenters. The third kappa shape index (κ3) is 3.69. The topological polar surface area (TPSA) is 72.3 Å². The molecule has 1 saturated heterocycles. The van der Waals surface area contributed by atoms with Crippen molar-refractivity contribution in [1.82, 2.24) is 4.90 Å². The summed E-state index contributed by atoms with van der Waals surface area (Å²) in [5.41, 5.74) is 11.0. The molecule has 0 aromatic carbocycles. The zero-order valence-electron chi connectivity index (χ0n) is 12.3. The molecule has 0 aromatic heterocycles. The zero-order chi connectivity index (χ0) is 13.9. The standard InChI is InChI=1S/C15H29N3O/c1-14(17,13(16)19)7-10-18-11-8-15(9-12-18)5-3-2-4-6-15/h2-12,17H2,1H3,(H2,16,19). The van der Waals surface area contributed by atoms with Crippen LogP contribution >= 0.6 is 0 Å². The largest absolute Gasteiger partial charge is 0.368 e. The number of hydrogen-bond donors (Lipinski definition) is 2. The van der Waals surface area contributed by atoms with Crippen molar-refractivity contribution in [3.05, 3.63) is 0 Å². The highest BCUT2D eigenvalue weighted by molar-refractivity contribution is 5.83. The molecule has 0 radical (unpaired) electrons. The Morgan fingerprint density at radius 2 is 1.74 bits per heavy atom. The molecule has 110 valence electrons. The van der Waals surface area contributed by atoms with Crippen molar-refractivity contribution >= 4 is 5.91 Å². The summed E-state index contributed by atoms with van der Waals surface area (Å²) in [5.74, 6) is -0.395. The minimum atomic E-state index is -0.861. The summed E-state index contributed by atoms with van der Waals surface area (Å²) in [5, 5.41) is 0. The average Bonchev–Trinajstić information content (AvgIpc) is 2.39. The average molecular weight is 267 g/mol. The van der Waals surface area contributed by atoms with Gasteiger partial charge >= 0.3 is 0 Å². The van der Waals surface area contributed by atoms with Gasteiger partial charge in [0.2, 0.25) is 5.91 Å². The Balaban J connectivity index is 1.76. The molecule has 1 heterocycles. The second kappa shape index (κ2) is 5.80. The van der Waals surface area contributed by atoms with Crippen molar-refractivity contribution in [2.45, 2.75) is 63.8 Å². The summed E-state index contributed by atoms with van der Waals surface area (Å²) in [6.45, 7) is 4.96. The van der Waals surface area contributed by atoms with E-state index in [9.17, 15) is 4.79 Å². The molecule has 1 aliphatic heterocycles. The minimum absolute atomic E-state index is 0.395. The van der Waals surface area contributed by atoms with Gasteiger partial charge in [0.15, 0.2) is 0 Å². The van der Waals surface area contributed by atoms with Gasteiger partial charge in [-0.1, -0.05) is 19.3 Å². The maximum atomic E-state index is 11.2. The molecule has 1 spiro atoms. The molecular formula is C15H29N3O. The second-order valence-corrected chi connectivity index (χ2v) is 6.93. The first-order valence-electron chi connectivity index (χ1n) is 7.75. The number of amides is 1. The molecule has 1 saturated carbocycles. The molecule has 0 bridgehead atoms. The van der Waals surface area contributed by atoms with E-state index in [1.54, 1.807) is 6.92 Å². The maximum Gasteiger partial charge on any atom is 0.237 e. The number of hydrogen-bond acceptors (Lipinski definition) is 3. The first-order valence-corrected chi connectivity index (χ1v) is 7.75. The van der Waals surface area contributed by atoms with E-state index in [0.29, 0.717) is 11.8 Å². The van der Waals surface area contributed by atoms with Crippen LogP contribution in [0.1, 0.15) is 58.3 Å². The van der Waals surface area contributed by atoms with Crippen LogP contribution in [-0.2, 0) is 4.79 Å². The fourth-order valence-corrected chi connectivity index (χ4v) is 3.57. The number of nitrogens with two attached hydrogens (primary N) is 2. The van der Waals surface area contributed by atoms with Crippen molar-refractivity contribution in [2.24, 2.45) is 16.9 Å². The Hall–Kier alpha value is -0.610. The van der Waals surface area contributed by atoms with Gasteiger partial charge in [0.05, 0.1) is 5.54 Å². The monoisotopic (exact) mass is 267 g/mol. The number of carbonyl (C=O) groups excluding carboxylic acids is 1. The van der Waals surface area contributed by atoms with Gasteiger partial charge in [-0.25, -0.2) is 0 Å². The molecule has 1 unspecified atom stereocenters. The quantitative estimate of drug-likeness (QED) is 0.813. The van der Waals surface area contributed by atoms with E-state index >= 15 is 0 Å². The van der Waals surface area contributed by atoms with E-state index in [2.05, 4.69) is 4.90 Å². The van der Waals surface area contributed by atoms with Gasteiger partial charge in [0.25, 0.3) is 0 Å². The van der Waals surface area contributed by atoms with Gasteiger partial charge in [-0.05, 0) is 57.5 Å². The van der Waals surface area contributed by atoms with E-state index in [1.807, 2.05) is 0 Å². The molecule has 1 amide bonds. The fraction of sp³-hybridized carbons (Fsp3) is 0.933. The van der Waals surface area contributed by atoms with Gasteiger partial charge in [-0.15, -0.1) is 0 Å². The summed E-state index contributed by atoms with van der Waals surface area (Å²) in [6.07, 6.45) is 10.4. The van der Waals surface area contributed by atoms with Crippen LogP contribution in [0.15, 0.2) is 0 Å².